The van der Waals surface area contributed by atoms with Crippen molar-refractivity contribution in [2.24, 2.45) is 5.92 Å². The SMILES string of the molecule is CCCCN1C(=O)C2C(NC3N(c4cccc(Cl)c4C)CC(C)CN23)N(C)C1=O. The van der Waals surface area contributed by atoms with Crippen LogP contribution in [0.25, 0.3) is 0 Å². The molecule has 4 unspecified atom stereocenters. The number of urea groups is 1. The van der Waals surface area contributed by atoms with E-state index in [1.807, 2.05) is 19.1 Å². The molecule has 1 aromatic carbocycles. The zero-order valence-corrected chi connectivity index (χ0v) is 18.3. The molecule has 3 aliphatic heterocycles. The molecule has 0 aliphatic carbocycles. The third-order valence-electron chi connectivity index (χ3n) is 6.37. The van der Waals surface area contributed by atoms with E-state index >= 15 is 0 Å². The van der Waals surface area contributed by atoms with Crippen LogP contribution < -0.4 is 10.2 Å². The quantitative estimate of drug-likeness (QED) is 0.813. The van der Waals surface area contributed by atoms with Gasteiger partial charge in [0.05, 0.1) is 0 Å². The first kappa shape index (κ1) is 20.4. The van der Waals surface area contributed by atoms with E-state index in [2.05, 4.69) is 35.0 Å². The first-order valence-electron chi connectivity index (χ1n) is 10.5. The molecule has 3 aliphatic rings. The van der Waals surface area contributed by atoms with Crippen molar-refractivity contribution >= 4 is 29.2 Å². The van der Waals surface area contributed by atoms with Crippen LogP contribution in [0.2, 0.25) is 5.02 Å². The van der Waals surface area contributed by atoms with E-state index in [0.717, 1.165) is 42.2 Å². The van der Waals surface area contributed by atoms with Gasteiger partial charge in [0.1, 0.15) is 18.5 Å². The molecule has 3 fully saturated rings. The van der Waals surface area contributed by atoms with E-state index in [9.17, 15) is 9.59 Å². The lowest BCUT2D eigenvalue weighted by Gasteiger charge is -2.46. The highest BCUT2D eigenvalue weighted by molar-refractivity contribution is 6.31. The van der Waals surface area contributed by atoms with Crippen molar-refractivity contribution in [3.8, 4) is 0 Å². The van der Waals surface area contributed by atoms with E-state index in [-0.39, 0.29) is 30.4 Å². The number of nitrogens with zero attached hydrogens (tertiary/aromatic N) is 4. The van der Waals surface area contributed by atoms with E-state index in [4.69, 9.17) is 11.6 Å². The Kier molecular flexibility index (Phi) is 5.48. The summed E-state index contributed by atoms with van der Waals surface area (Å²) < 4.78 is 0. The van der Waals surface area contributed by atoms with E-state index in [1.165, 1.54) is 4.90 Å². The number of benzene rings is 1. The van der Waals surface area contributed by atoms with Gasteiger partial charge in [-0.2, -0.15) is 0 Å². The predicted octanol–water partition coefficient (Wildman–Crippen LogP) is 2.68. The Morgan fingerprint density at radius 3 is 2.72 bits per heavy atom. The molecule has 3 amide bonds. The number of likely N-dealkylation sites (N-methyl/N-ethyl adjacent to an activating group) is 1. The normalized spacial score (nSPS) is 30.0. The largest absolute Gasteiger partial charge is 0.343 e. The molecule has 8 heteroatoms. The fourth-order valence-corrected chi connectivity index (χ4v) is 5.00. The number of imide groups is 1. The summed E-state index contributed by atoms with van der Waals surface area (Å²) in [7, 11) is 1.79. The molecule has 0 spiro atoms. The van der Waals surface area contributed by atoms with E-state index < -0.39 is 0 Å². The zero-order chi connectivity index (χ0) is 20.9. The summed E-state index contributed by atoms with van der Waals surface area (Å²) in [4.78, 5) is 33.8. The number of hydrogen-bond donors (Lipinski definition) is 1. The monoisotopic (exact) mass is 419 g/mol. The third kappa shape index (κ3) is 3.29. The van der Waals surface area contributed by atoms with Gasteiger partial charge in [-0.1, -0.05) is 37.9 Å². The number of rotatable bonds is 4. The summed E-state index contributed by atoms with van der Waals surface area (Å²) in [6.45, 7) is 8.44. The number of amides is 3. The molecule has 3 saturated heterocycles. The average molecular weight is 420 g/mol. The minimum Gasteiger partial charge on any atom is -0.343 e. The predicted molar refractivity (Wildman–Crippen MR) is 114 cm³/mol. The minimum atomic E-state index is -0.371. The fraction of sp³-hybridized carbons (Fsp3) is 0.619. The van der Waals surface area contributed by atoms with Crippen molar-refractivity contribution in [2.45, 2.75) is 52.1 Å². The van der Waals surface area contributed by atoms with Gasteiger partial charge in [-0.15, -0.1) is 0 Å². The number of hydrogen-bond acceptors (Lipinski definition) is 5. The van der Waals surface area contributed by atoms with E-state index in [1.54, 1.807) is 11.9 Å². The van der Waals surface area contributed by atoms with Gasteiger partial charge < -0.3 is 9.80 Å². The number of anilines is 1. The Hall–Kier alpha value is -1.83. The first-order valence-corrected chi connectivity index (χ1v) is 10.8. The number of nitrogens with one attached hydrogen (secondary N) is 1. The molecule has 158 valence electrons. The third-order valence-corrected chi connectivity index (χ3v) is 6.78. The summed E-state index contributed by atoms with van der Waals surface area (Å²) in [6.07, 6.45) is 1.29. The van der Waals surface area contributed by atoms with Gasteiger partial charge in [0.2, 0.25) is 0 Å². The van der Waals surface area contributed by atoms with Crippen LogP contribution in [-0.2, 0) is 4.79 Å². The minimum absolute atomic E-state index is 0.0848. The second kappa shape index (κ2) is 7.78. The highest BCUT2D eigenvalue weighted by Gasteiger charge is 2.56. The number of halogens is 1. The molecule has 0 radical (unpaired) electrons. The van der Waals surface area contributed by atoms with Crippen LogP contribution in [0, 0.1) is 12.8 Å². The molecule has 4 rings (SSSR count). The number of carbonyl (C=O) groups is 2. The molecule has 7 nitrogen and oxygen atoms in total. The number of fused-ring (bicyclic) bond motifs is 3. The lowest BCUT2D eigenvalue weighted by atomic mass is 10.0. The molecule has 0 saturated carbocycles. The summed E-state index contributed by atoms with van der Waals surface area (Å²) >= 11 is 6.39. The van der Waals surface area contributed by atoms with Crippen molar-refractivity contribution < 1.29 is 9.59 Å². The Bertz CT molecular complexity index is 818. The Balaban J connectivity index is 1.69. The molecule has 4 atom stereocenters. The smallest absolute Gasteiger partial charge is 0.327 e. The molecular weight excluding hydrogens is 390 g/mol. The van der Waals surface area contributed by atoms with Crippen LogP contribution in [0.15, 0.2) is 18.2 Å². The van der Waals surface area contributed by atoms with Crippen molar-refractivity contribution in [3.63, 3.8) is 0 Å². The van der Waals surface area contributed by atoms with E-state index in [0.29, 0.717) is 12.5 Å². The molecule has 0 bridgehead atoms. The topological polar surface area (TPSA) is 59.1 Å². The highest BCUT2D eigenvalue weighted by atomic mass is 35.5. The fourth-order valence-electron chi connectivity index (χ4n) is 4.83. The van der Waals surface area contributed by atoms with Crippen LogP contribution in [-0.4, -0.2) is 71.8 Å². The van der Waals surface area contributed by atoms with Gasteiger partial charge >= 0.3 is 6.03 Å². The van der Waals surface area contributed by atoms with Crippen LogP contribution in [0.4, 0.5) is 10.5 Å². The Labute approximate surface area is 177 Å². The van der Waals surface area contributed by atoms with Gasteiger partial charge in [-0.05, 0) is 37.0 Å². The maximum Gasteiger partial charge on any atom is 0.327 e. The lowest BCUT2D eigenvalue weighted by Crippen LogP contribution is -2.66. The van der Waals surface area contributed by atoms with Gasteiger partial charge in [-0.3, -0.25) is 19.9 Å². The zero-order valence-electron chi connectivity index (χ0n) is 17.6. The van der Waals surface area contributed by atoms with Crippen molar-refractivity contribution in [2.75, 3.05) is 31.6 Å². The second-order valence-corrected chi connectivity index (χ2v) is 8.91. The van der Waals surface area contributed by atoms with Gasteiger partial charge in [0, 0.05) is 37.4 Å². The maximum atomic E-state index is 13.4. The molecule has 3 heterocycles. The van der Waals surface area contributed by atoms with Crippen molar-refractivity contribution in [1.29, 1.82) is 0 Å². The summed E-state index contributed by atoms with van der Waals surface area (Å²) in [5, 5.41) is 4.30. The van der Waals surface area contributed by atoms with Crippen LogP contribution in [0.1, 0.15) is 32.3 Å². The van der Waals surface area contributed by atoms with Crippen LogP contribution >= 0.6 is 11.6 Å². The van der Waals surface area contributed by atoms with Crippen molar-refractivity contribution in [3.05, 3.63) is 28.8 Å². The molecule has 1 N–H and O–H groups in total. The molecular formula is C21H30ClN5O2. The standard InChI is InChI=1S/C21H30ClN5O2/c1-5-6-10-25-19(28)17-18(24(4)21(25)29)23-20-26(11-13(2)12-27(17)20)16-9-7-8-15(22)14(16)3/h7-9,13,17-18,20,23H,5-6,10-12H2,1-4H3. The van der Waals surface area contributed by atoms with Crippen molar-refractivity contribution in [1.82, 2.24) is 20.0 Å². The average Bonchev–Trinajstić information content (AvgIpc) is 3.07. The molecule has 29 heavy (non-hydrogen) atoms. The summed E-state index contributed by atoms with van der Waals surface area (Å²) in [5.74, 6) is 0.295. The maximum absolute atomic E-state index is 13.4. The lowest BCUT2D eigenvalue weighted by molar-refractivity contribution is -0.138. The van der Waals surface area contributed by atoms with Crippen LogP contribution in [0.3, 0.4) is 0 Å². The molecule has 1 aromatic rings. The number of unbranched alkanes of at least 4 members (excludes halogenated alkanes) is 1. The van der Waals surface area contributed by atoms with Gasteiger partial charge in [0.15, 0.2) is 0 Å². The molecule has 0 aromatic heterocycles. The Morgan fingerprint density at radius 2 is 2.00 bits per heavy atom. The second-order valence-electron chi connectivity index (χ2n) is 8.51. The van der Waals surface area contributed by atoms with Gasteiger partial charge in [0.25, 0.3) is 5.91 Å². The number of carbonyl (C=O) groups excluding carboxylic acids is 2. The summed E-state index contributed by atoms with van der Waals surface area (Å²) in [5.41, 5.74) is 2.09. The highest BCUT2D eigenvalue weighted by Crippen LogP contribution is 2.36. The van der Waals surface area contributed by atoms with Crippen LogP contribution in [0.5, 0.6) is 0 Å². The van der Waals surface area contributed by atoms with Gasteiger partial charge in [-0.25, -0.2) is 4.79 Å². The summed E-state index contributed by atoms with van der Waals surface area (Å²) in [6, 6.07) is 5.35. The first-order chi connectivity index (χ1) is 13.8. The Morgan fingerprint density at radius 1 is 1.24 bits per heavy atom.